The fourth-order valence-corrected chi connectivity index (χ4v) is 1.59. The predicted octanol–water partition coefficient (Wildman–Crippen LogP) is 1.42. The van der Waals surface area contributed by atoms with Gasteiger partial charge in [-0.15, -0.1) is 0 Å². The van der Waals surface area contributed by atoms with Gasteiger partial charge < -0.3 is 9.84 Å². The van der Waals surface area contributed by atoms with Crippen LogP contribution in [0.2, 0.25) is 0 Å². The average molecular weight is 236 g/mol. The first-order valence-electron chi connectivity index (χ1n) is 5.42. The summed E-state index contributed by atoms with van der Waals surface area (Å²) in [4.78, 5) is 23.1. The lowest BCUT2D eigenvalue weighted by molar-refractivity contribution is -0.166. The van der Waals surface area contributed by atoms with Crippen molar-refractivity contribution in [1.29, 1.82) is 0 Å². The minimum atomic E-state index is -1.89. The van der Waals surface area contributed by atoms with E-state index in [1.165, 1.54) is 7.11 Å². The van der Waals surface area contributed by atoms with Gasteiger partial charge in [-0.1, -0.05) is 37.3 Å². The van der Waals surface area contributed by atoms with Crippen molar-refractivity contribution in [3.63, 3.8) is 0 Å². The molecule has 0 aliphatic rings. The molecule has 4 nitrogen and oxygen atoms in total. The summed E-state index contributed by atoms with van der Waals surface area (Å²) < 4.78 is 4.57. The summed E-state index contributed by atoms with van der Waals surface area (Å²) in [7, 11) is 1.19. The van der Waals surface area contributed by atoms with Crippen molar-refractivity contribution >= 4 is 11.8 Å². The first-order chi connectivity index (χ1) is 8.04. The van der Waals surface area contributed by atoms with Gasteiger partial charge in [0, 0.05) is 6.42 Å². The minimum Gasteiger partial charge on any atom is -0.467 e. The Hall–Kier alpha value is -1.68. The third-order valence-corrected chi connectivity index (χ3v) is 2.62. The van der Waals surface area contributed by atoms with Crippen molar-refractivity contribution in [3.05, 3.63) is 35.9 Å². The van der Waals surface area contributed by atoms with Crippen LogP contribution in [0.5, 0.6) is 0 Å². The van der Waals surface area contributed by atoms with Crippen LogP contribution in [0.25, 0.3) is 0 Å². The summed E-state index contributed by atoms with van der Waals surface area (Å²) >= 11 is 0. The van der Waals surface area contributed by atoms with Crippen LogP contribution in [0, 0.1) is 0 Å². The molecule has 1 rings (SSSR count). The number of esters is 1. The van der Waals surface area contributed by atoms with Crippen LogP contribution >= 0.6 is 0 Å². The van der Waals surface area contributed by atoms with Gasteiger partial charge >= 0.3 is 5.97 Å². The molecule has 1 atom stereocenters. The van der Waals surface area contributed by atoms with Crippen molar-refractivity contribution in [2.45, 2.75) is 25.4 Å². The third kappa shape index (κ3) is 2.91. The molecule has 92 valence electrons. The molecule has 0 saturated carbocycles. The Morgan fingerprint density at radius 2 is 1.88 bits per heavy atom. The average Bonchev–Trinajstić information content (AvgIpc) is 2.38. The molecular weight excluding hydrogens is 220 g/mol. The number of carbonyl (C=O) groups is 2. The number of Topliss-reactive ketones (excluding diaryl/α,β-unsaturated/α-hetero) is 1. The smallest absolute Gasteiger partial charge is 0.343 e. The van der Waals surface area contributed by atoms with Crippen LogP contribution in [0.15, 0.2) is 30.3 Å². The fourth-order valence-electron chi connectivity index (χ4n) is 1.59. The van der Waals surface area contributed by atoms with Crippen molar-refractivity contribution < 1.29 is 19.4 Å². The molecule has 0 heterocycles. The van der Waals surface area contributed by atoms with Gasteiger partial charge in [-0.25, -0.2) is 4.79 Å². The molecule has 1 N–H and O–H groups in total. The minimum absolute atomic E-state index is 0.193. The van der Waals surface area contributed by atoms with Gasteiger partial charge in [-0.05, 0) is 5.56 Å². The Bertz CT molecular complexity index is 399. The quantitative estimate of drug-likeness (QED) is 0.785. The number of hydrogen-bond acceptors (Lipinski definition) is 4. The zero-order chi connectivity index (χ0) is 12.9. The summed E-state index contributed by atoms with van der Waals surface area (Å²) in [6.07, 6.45) is 0.00627. The Balaban J connectivity index is 3.11. The van der Waals surface area contributed by atoms with E-state index >= 15 is 0 Å². The summed E-state index contributed by atoms with van der Waals surface area (Å²) in [5, 5.41) is 10.4. The van der Waals surface area contributed by atoms with Crippen LogP contribution in [0.1, 0.15) is 25.3 Å². The zero-order valence-corrected chi connectivity index (χ0v) is 9.97. The highest BCUT2D eigenvalue weighted by Gasteiger charge is 2.40. The standard InChI is InChI=1S/C13H16O4/c1-3-11(14)9-13(16,12(15)17-2)10-7-5-4-6-8-10/h4-8,16H,3,9H2,1-2H3/t13-/m1/s1. The number of rotatable bonds is 5. The molecule has 0 aliphatic carbocycles. The lowest BCUT2D eigenvalue weighted by atomic mass is 9.88. The first kappa shape index (κ1) is 13.4. The molecule has 0 unspecified atom stereocenters. The van der Waals surface area contributed by atoms with E-state index in [4.69, 9.17) is 0 Å². The number of aliphatic hydroxyl groups is 1. The predicted molar refractivity (Wildman–Crippen MR) is 62.3 cm³/mol. The summed E-state index contributed by atoms with van der Waals surface area (Å²) in [6, 6.07) is 8.35. The van der Waals surface area contributed by atoms with Crippen LogP contribution in [-0.2, 0) is 19.9 Å². The maximum atomic E-state index is 11.7. The van der Waals surface area contributed by atoms with E-state index in [0.29, 0.717) is 5.56 Å². The summed E-state index contributed by atoms with van der Waals surface area (Å²) in [5.74, 6) is -1.01. The number of ketones is 1. The van der Waals surface area contributed by atoms with Gasteiger partial charge in [0.1, 0.15) is 5.78 Å². The molecule has 1 aromatic rings. The van der Waals surface area contributed by atoms with E-state index in [0.717, 1.165) is 0 Å². The fraction of sp³-hybridized carbons (Fsp3) is 0.385. The SMILES string of the molecule is CCC(=O)C[C@](O)(C(=O)OC)c1ccccc1. The number of ether oxygens (including phenoxy) is 1. The maximum absolute atomic E-state index is 11.7. The lowest BCUT2D eigenvalue weighted by Gasteiger charge is -2.24. The van der Waals surface area contributed by atoms with Gasteiger partial charge in [0.2, 0.25) is 0 Å². The molecule has 0 aliphatic heterocycles. The molecular formula is C13H16O4. The highest BCUT2D eigenvalue weighted by Crippen LogP contribution is 2.27. The molecule has 1 aromatic carbocycles. The number of carbonyl (C=O) groups excluding carboxylic acids is 2. The van der Waals surface area contributed by atoms with Gasteiger partial charge in [0.05, 0.1) is 13.5 Å². The van der Waals surface area contributed by atoms with Crippen molar-refractivity contribution in [2.75, 3.05) is 7.11 Å². The van der Waals surface area contributed by atoms with Crippen LogP contribution in [-0.4, -0.2) is 24.0 Å². The largest absolute Gasteiger partial charge is 0.467 e. The number of hydrogen-bond donors (Lipinski definition) is 1. The monoisotopic (exact) mass is 236 g/mol. The van der Waals surface area contributed by atoms with Gasteiger partial charge in [0.25, 0.3) is 0 Å². The second-order valence-electron chi connectivity index (χ2n) is 3.79. The number of benzene rings is 1. The van der Waals surface area contributed by atoms with Crippen molar-refractivity contribution in [2.24, 2.45) is 0 Å². The summed E-state index contributed by atoms with van der Waals surface area (Å²) in [5.41, 5.74) is -1.52. The van der Waals surface area contributed by atoms with Crippen molar-refractivity contribution in [3.8, 4) is 0 Å². The van der Waals surface area contributed by atoms with E-state index < -0.39 is 11.6 Å². The first-order valence-corrected chi connectivity index (χ1v) is 5.42. The van der Waals surface area contributed by atoms with E-state index in [2.05, 4.69) is 4.74 Å². The van der Waals surface area contributed by atoms with Gasteiger partial charge in [-0.2, -0.15) is 0 Å². The van der Waals surface area contributed by atoms with E-state index in [1.807, 2.05) is 0 Å². The highest BCUT2D eigenvalue weighted by molar-refractivity contribution is 5.89. The molecule has 4 heteroatoms. The number of methoxy groups -OCH3 is 1. The van der Waals surface area contributed by atoms with E-state index in [1.54, 1.807) is 37.3 Å². The van der Waals surface area contributed by atoms with E-state index in [9.17, 15) is 14.7 Å². The molecule has 0 amide bonds. The van der Waals surface area contributed by atoms with Gasteiger partial charge in [0.15, 0.2) is 5.60 Å². The molecule has 0 spiro atoms. The second kappa shape index (κ2) is 5.59. The second-order valence-corrected chi connectivity index (χ2v) is 3.79. The third-order valence-electron chi connectivity index (χ3n) is 2.62. The maximum Gasteiger partial charge on any atom is 0.343 e. The Kier molecular flexibility index (Phi) is 4.40. The zero-order valence-electron chi connectivity index (χ0n) is 9.97. The molecule has 0 aromatic heterocycles. The lowest BCUT2D eigenvalue weighted by Crippen LogP contribution is -2.38. The molecule has 17 heavy (non-hydrogen) atoms. The van der Waals surface area contributed by atoms with Crippen molar-refractivity contribution in [1.82, 2.24) is 0 Å². The Labute approximate surface area is 100 Å². The molecule has 0 saturated heterocycles. The molecule has 0 fully saturated rings. The van der Waals surface area contributed by atoms with Crippen LogP contribution < -0.4 is 0 Å². The molecule has 0 bridgehead atoms. The van der Waals surface area contributed by atoms with Crippen LogP contribution in [0.3, 0.4) is 0 Å². The highest BCUT2D eigenvalue weighted by atomic mass is 16.5. The van der Waals surface area contributed by atoms with E-state index in [-0.39, 0.29) is 18.6 Å². The van der Waals surface area contributed by atoms with Crippen LogP contribution in [0.4, 0.5) is 0 Å². The Morgan fingerprint density at radius 3 is 2.35 bits per heavy atom. The van der Waals surface area contributed by atoms with Gasteiger partial charge in [-0.3, -0.25) is 4.79 Å². The Morgan fingerprint density at radius 1 is 1.29 bits per heavy atom. The normalized spacial score (nSPS) is 13.8. The summed E-state index contributed by atoms with van der Waals surface area (Å²) in [6.45, 7) is 1.69. The molecule has 0 radical (unpaired) electrons. The topological polar surface area (TPSA) is 63.6 Å².